The van der Waals surface area contributed by atoms with E-state index in [4.69, 9.17) is 9.47 Å². The molecule has 0 spiro atoms. The molecule has 10 heteroatoms. The van der Waals surface area contributed by atoms with Crippen LogP contribution in [-0.4, -0.2) is 68.9 Å². The molecule has 30 heavy (non-hydrogen) atoms. The first-order valence-corrected chi connectivity index (χ1v) is 11.4. The van der Waals surface area contributed by atoms with Gasteiger partial charge in [0.25, 0.3) is 0 Å². The Hall–Kier alpha value is -2.43. The second kappa shape index (κ2) is 11.1. The molecule has 0 bridgehead atoms. The molecule has 0 aromatic heterocycles. The molecule has 0 radical (unpaired) electrons. The molecule has 2 unspecified atom stereocenters. The summed E-state index contributed by atoms with van der Waals surface area (Å²) in [6.45, 7) is 6.34. The van der Waals surface area contributed by atoms with Crippen LogP contribution in [0.4, 0.5) is 10.5 Å². The maximum Gasteiger partial charge on any atom is 0.330 e. The Labute approximate surface area is 177 Å². The summed E-state index contributed by atoms with van der Waals surface area (Å²) < 4.78 is 36.7. The Bertz CT molecular complexity index is 844. The number of hydrogen-bond acceptors (Lipinski definition) is 6. The lowest BCUT2D eigenvalue weighted by Gasteiger charge is -2.34. The zero-order valence-corrected chi connectivity index (χ0v) is 18.3. The van der Waals surface area contributed by atoms with E-state index in [1.165, 1.54) is 10.4 Å². The summed E-state index contributed by atoms with van der Waals surface area (Å²) in [6, 6.07) is 6.33. The van der Waals surface area contributed by atoms with Crippen molar-refractivity contribution in [3.8, 4) is 0 Å². The van der Waals surface area contributed by atoms with Gasteiger partial charge in [-0.25, -0.2) is 18.0 Å². The molecule has 9 nitrogen and oxygen atoms in total. The third-order valence-corrected chi connectivity index (χ3v) is 6.10. The van der Waals surface area contributed by atoms with Crippen molar-refractivity contribution < 1.29 is 27.5 Å². The third kappa shape index (κ3) is 7.77. The van der Waals surface area contributed by atoms with Crippen molar-refractivity contribution in [2.24, 2.45) is 0 Å². The molecule has 1 aromatic carbocycles. The van der Waals surface area contributed by atoms with E-state index in [1.54, 1.807) is 37.3 Å². The number of nitrogens with zero attached hydrogens (tertiary/aromatic N) is 1. The summed E-state index contributed by atoms with van der Waals surface area (Å²) in [6.07, 6.45) is 2.62. The van der Waals surface area contributed by atoms with Gasteiger partial charge in [-0.2, -0.15) is 4.31 Å². The van der Waals surface area contributed by atoms with Crippen molar-refractivity contribution in [3.63, 3.8) is 0 Å². The Kier molecular flexibility index (Phi) is 8.82. The second-order valence-corrected chi connectivity index (χ2v) is 9.07. The van der Waals surface area contributed by atoms with Crippen LogP contribution in [0.5, 0.6) is 0 Å². The zero-order chi connectivity index (χ0) is 22.1. The minimum Gasteiger partial charge on any atom is -0.463 e. The summed E-state index contributed by atoms with van der Waals surface area (Å²) in [4.78, 5) is 23.3. The maximum atomic E-state index is 12.5. The number of morpholine rings is 1. The van der Waals surface area contributed by atoms with Crippen LogP contribution in [0.25, 0.3) is 6.08 Å². The molecule has 1 heterocycles. The van der Waals surface area contributed by atoms with Crippen molar-refractivity contribution in [1.29, 1.82) is 0 Å². The Balaban J connectivity index is 1.78. The second-order valence-electron chi connectivity index (χ2n) is 6.98. The van der Waals surface area contributed by atoms with E-state index in [2.05, 4.69) is 10.6 Å². The number of hydrogen-bond donors (Lipinski definition) is 2. The summed E-state index contributed by atoms with van der Waals surface area (Å²) >= 11 is 0. The first kappa shape index (κ1) is 23.8. The summed E-state index contributed by atoms with van der Waals surface area (Å²) in [5.41, 5.74) is 1.31. The Morgan fingerprint density at radius 2 is 1.83 bits per heavy atom. The van der Waals surface area contributed by atoms with Crippen molar-refractivity contribution in [2.75, 3.05) is 37.3 Å². The molecule has 1 fully saturated rings. The normalized spacial score (nSPS) is 20.1. The van der Waals surface area contributed by atoms with E-state index in [0.29, 0.717) is 25.4 Å². The first-order chi connectivity index (χ1) is 14.2. The van der Waals surface area contributed by atoms with Gasteiger partial charge in [0.05, 0.1) is 24.6 Å². The monoisotopic (exact) mass is 439 g/mol. The molecule has 1 saturated heterocycles. The van der Waals surface area contributed by atoms with Crippen LogP contribution < -0.4 is 10.6 Å². The largest absolute Gasteiger partial charge is 0.463 e. The summed E-state index contributed by atoms with van der Waals surface area (Å²) in [5.74, 6) is -0.604. The number of amides is 2. The average Bonchev–Trinajstić information content (AvgIpc) is 2.67. The molecular formula is C20H29N3O6S. The highest BCUT2D eigenvalue weighted by atomic mass is 32.2. The molecule has 0 aliphatic carbocycles. The number of carbonyl (C=O) groups is 2. The number of ether oxygens (including phenoxy) is 2. The minimum absolute atomic E-state index is 0.00531. The van der Waals surface area contributed by atoms with Gasteiger partial charge >= 0.3 is 12.0 Å². The first-order valence-electron chi connectivity index (χ1n) is 9.82. The predicted octanol–water partition coefficient (Wildman–Crippen LogP) is 1.82. The fourth-order valence-corrected chi connectivity index (χ4v) is 4.48. The number of sulfonamides is 1. The van der Waals surface area contributed by atoms with Crippen molar-refractivity contribution >= 4 is 33.8 Å². The van der Waals surface area contributed by atoms with Gasteiger partial charge in [0.2, 0.25) is 10.0 Å². The van der Waals surface area contributed by atoms with Crippen LogP contribution in [0, 0.1) is 0 Å². The number of esters is 1. The standard InChI is InChI=1S/C20H29N3O6S/c1-4-28-19(24)10-7-17-5-8-18(9-6-17)22-20(25)21-11-12-30(26,27)23-13-15(2)29-16(3)14-23/h5-10,15-16H,4,11-14H2,1-3H3,(H2,21,22,25)/b10-7+. The molecule has 2 rings (SSSR count). The van der Waals surface area contributed by atoms with Crippen LogP contribution in [0.1, 0.15) is 26.3 Å². The van der Waals surface area contributed by atoms with E-state index in [0.717, 1.165) is 5.56 Å². The van der Waals surface area contributed by atoms with Gasteiger partial charge in [-0.15, -0.1) is 0 Å². The van der Waals surface area contributed by atoms with Gasteiger partial charge in [-0.3, -0.25) is 0 Å². The number of benzene rings is 1. The number of carbonyl (C=O) groups excluding carboxylic acids is 2. The molecule has 1 aliphatic heterocycles. The highest BCUT2D eigenvalue weighted by Crippen LogP contribution is 2.15. The minimum atomic E-state index is -3.48. The van der Waals surface area contributed by atoms with E-state index in [-0.39, 0.29) is 24.5 Å². The molecule has 1 aliphatic rings. The molecule has 166 valence electrons. The summed E-state index contributed by atoms with van der Waals surface area (Å²) in [7, 11) is -3.48. The molecule has 0 saturated carbocycles. The van der Waals surface area contributed by atoms with E-state index < -0.39 is 22.0 Å². The zero-order valence-electron chi connectivity index (χ0n) is 17.5. The number of rotatable bonds is 8. The number of anilines is 1. The third-order valence-electron chi connectivity index (χ3n) is 4.29. The van der Waals surface area contributed by atoms with Crippen molar-refractivity contribution in [2.45, 2.75) is 33.0 Å². The fourth-order valence-electron chi connectivity index (χ4n) is 2.99. The van der Waals surface area contributed by atoms with Gasteiger partial charge in [0.15, 0.2) is 0 Å². The average molecular weight is 440 g/mol. The molecule has 2 amide bonds. The van der Waals surface area contributed by atoms with Gasteiger partial charge < -0.3 is 20.1 Å². The van der Waals surface area contributed by atoms with E-state index >= 15 is 0 Å². The van der Waals surface area contributed by atoms with Crippen LogP contribution in [0.2, 0.25) is 0 Å². The molecular weight excluding hydrogens is 410 g/mol. The van der Waals surface area contributed by atoms with Crippen LogP contribution in [0.3, 0.4) is 0 Å². The SMILES string of the molecule is CCOC(=O)/C=C/c1ccc(NC(=O)NCCS(=O)(=O)N2CC(C)OC(C)C2)cc1. The quantitative estimate of drug-likeness (QED) is 0.472. The van der Waals surface area contributed by atoms with Crippen LogP contribution in [0.15, 0.2) is 30.3 Å². The number of urea groups is 1. The van der Waals surface area contributed by atoms with Crippen LogP contribution in [-0.2, 0) is 24.3 Å². The highest BCUT2D eigenvalue weighted by Gasteiger charge is 2.30. The molecule has 2 atom stereocenters. The lowest BCUT2D eigenvalue weighted by Crippen LogP contribution is -2.49. The fraction of sp³-hybridized carbons (Fsp3) is 0.500. The topological polar surface area (TPSA) is 114 Å². The summed E-state index contributed by atoms with van der Waals surface area (Å²) in [5, 5.41) is 5.20. The van der Waals surface area contributed by atoms with E-state index in [9.17, 15) is 18.0 Å². The predicted molar refractivity (Wildman–Crippen MR) is 114 cm³/mol. The highest BCUT2D eigenvalue weighted by molar-refractivity contribution is 7.89. The molecule has 1 aromatic rings. The lowest BCUT2D eigenvalue weighted by atomic mass is 10.2. The Morgan fingerprint density at radius 1 is 1.20 bits per heavy atom. The van der Waals surface area contributed by atoms with Gasteiger partial charge in [-0.05, 0) is 44.5 Å². The van der Waals surface area contributed by atoms with E-state index in [1.807, 2.05) is 13.8 Å². The van der Waals surface area contributed by atoms with Gasteiger partial charge in [0, 0.05) is 31.4 Å². The number of nitrogens with one attached hydrogen (secondary N) is 2. The van der Waals surface area contributed by atoms with Crippen LogP contribution >= 0.6 is 0 Å². The van der Waals surface area contributed by atoms with Crippen molar-refractivity contribution in [1.82, 2.24) is 9.62 Å². The van der Waals surface area contributed by atoms with Gasteiger partial charge in [0.1, 0.15) is 0 Å². The molecule has 2 N–H and O–H groups in total. The lowest BCUT2D eigenvalue weighted by molar-refractivity contribution is -0.137. The smallest absolute Gasteiger partial charge is 0.330 e. The van der Waals surface area contributed by atoms with Gasteiger partial charge in [-0.1, -0.05) is 12.1 Å². The van der Waals surface area contributed by atoms with Crippen molar-refractivity contribution in [3.05, 3.63) is 35.9 Å². The maximum absolute atomic E-state index is 12.5. The Morgan fingerprint density at radius 3 is 2.43 bits per heavy atom.